The summed E-state index contributed by atoms with van der Waals surface area (Å²) in [5, 5.41) is 16.7. The van der Waals surface area contributed by atoms with Crippen molar-refractivity contribution >= 4 is 18.2 Å². The summed E-state index contributed by atoms with van der Waals surface area (Å²) in [5.74, 6) is -0.0880. The number of likely N-dealkylation sites (N-methyl/N-ethyl adjacent to an activating group) is 1. The Kier molecular flexibility index (Phi) is 6.77. The van der Waals surface area contributed by atoms with Gasteiger partial charge in [-0.15, -0.1) is 0 Å². The molecule has 2 atom stereocenters. The summed E-state index contributed by atoms with van der Waals surface area (Å²) in [6.07, 6.45) is 0.487. The molecule has 0 radical (unpaired) electrons. The number of carbonyl (C=O) groups excluding carboxylic acids is 1. The number of rotatable bonds is 6. The second-order valence-electron chi connectivity index (χ2n) is 4.24. The molecule has 0 saturated carbocycles. The van der Waals surface area contributed by atoms with E-state index in [0.29, 0.717) is 0 Å². The number of carbonyl (C=O) groups is 2. The van der Waals surface area contributed by atoms with Crippen LogP contribution in [-0.2, 0) is 4.79 Å². The van der Waals surface area contributed by atoms with Crippen LogP contribution in [0.2, 0.25) is 0 Å². The van der Waals surface area contributed by atoms with E-state index in [1.54, 1.807) is 39.2 Å². The van der Waals surface area contributed by atoms with Gasteiger partial charge in [-0.05, 0) is 20.8 Å². The molecule has 104 valence electrons. The summed E-state index contributed by atoms with van der Waals surface area (Å²) in [5.41, 5.74) is 0. The van der Waals surface area contributed by atoms with Gasteiger partial charge in [-0.1, -0.05) is 0 Å². The summed E-state index contributed by atoms with van der Waals surface area (Å²) < 4.78 is 0. The van der Waals surface area contributed by atoms with Crippen molar-refractivity contribution in [2.45, 2.75) is 32.9 Å². The van der Waals surface area contributed by atoms with E-state index in [1.165, 1.54) is 4.90 Å². The van der Waals surface area contributed by atoms with Crippen LogP contribution in [-0.4, -0.2) is 66.0 Å². The van der Waals surface area contributed by atoms with Gasteiger partial charge in [0.1, 0.15) is 6.54 Å². The van der Waals surface area contributed by atoms with Gasteiger partial charge in [0.15, 0.2) is 0 Å². The first-order valence-electron chi connectivity index (χ1n) is 5.74. The van der Waals surface area contributed by atoms with Crippen LogP contribution >= 0.6 is 0 Å². The van der Waals surface area contributed by atoms with Gasteiger partial charge in [-0.25, -0.2) is 4.79 Å². The van der Waals surface area contributed by atoms with Crippen LogP contribution in [0.5, 0.6) is 0 Å². The van der Waals surface area contributed by atoms with Crippen molar-refractivity contribution in [3.63, 3.8) is 0 Å². The fourth-order valence-electron chi connectivity index (χ4n) is 1.29. The van der Waals surface area contributed by atoms with Crippen molar-refractivity contribution < 1.29 is 14.7 Å². The molecule has 0 aromatic heterocycles. The SMILES string of the molecule is C/C=N\N(CC(=O)N(C)C)[C@@H](C)C(C)NC(=O)O. The Morgan fingerprint density at radius 1 is 1.39 bits per heavy atom. The smallest absolute Gasteiger partial charge is 0.404 e. The van der Waals surface area contributed by atoms with E-state index < -0.39 is 6.09 Å². The summed E-state index contributed by atoms with van der Waals surface area (Å²) in [6.45, 7) is 5.41. The van der Waals surface area contributed by atoms with E-state index in [-0.39, 0.29) is 24.5 Å². The number of nitrogens with one attached hydrogen (secondary N) is 1. The van der Waals surface area contributed by atoms with Crippen LogP contribution in [0.15, 0.2) is 5.10 Å². The molecular weight excluding hydrogens is 236 g/mol. The van der Waals surface area contributed by atoms with Crippen LogP contribution in [0.4, 0.5) is 4.79 Å². The molecule has 0 saturated heterocycles. The maximum absolute atomic E-state index is 11.7. The van der Waals surface area contributed by atoms with Crippen molar-refractivity contribution in [3.05, 3.63) is 0 Å². The zero-order valence-corrected chi connectivity index (χ0v) is 11.5. The van der Waals surface area contributed by atoms with Crippen molar-refractivity contribution in [2.75, 3.05) is 20.6 Å². The highest BCUT2D eigenvalue weighted by Gasteiger charge is 2.22. The number of nitrogens with zero attached hydrogens (tertiary/aromatic N) is 3. The lowest BCUT2D eigenvalue weighted by Crippen LogP contribution is -2.49. The highest BCUT2D eigenvalue weighted by molar-refractivity contribution is 5.77. The molecule has 0 aliphatic carbocycles. The average molecular weight is 258 g/mol. The van der Waals surface area contributed by atoms with Gasteiger partial charge < -0.3 is 15.3 Å². The topological polar surface area (TPSA) is 85.2 Å². The maximum atomic E-state index is 11.7. The lowest BCUT2D eigenvalue weighted by atomic mass is 10.1. The third kappa shape index (κ3) is 5.51. The molecule has 18 heavy (non-hydrogen) atoms. The Balaban J connectivity index is 4.67. The van der Waals surface area contributed by atoms with Gasteiger partial charge >= 0.3 is 6.09 Å². The average Bonchev–Trinajstić information content (AvgIpc) is 2.26. The molecule has 0 bridgehead atoms. The third-order valence-electron chi connectivity index (χ3n) is 2.60. The lowest BCUT2D eigenvalue weighted by Gasteiger charge is -2.30. The molecule has 1 unspecified atom stereocenters. The fourth-order valence-corrected chi connectivity index (χ4v) is 1.29. The van der Waals surface area contributed by atoms with Crippen molar-refractivity contribution in [3.8, 4) is 0 Å². The first kappa shape index (κ1) is 16.2. The van der Waals surface area contributed by atoms with Gasteiger partial charge in [-0.2, -0.15) is 5.10 Å². The number of hydrogen-bond donors (Lipinski definition) is 2. The van der Waals surface area contributed by atoms with Gasteiger partial charge in [0.2, 0.25) is 5.91 Å². The Morgan fingerprint density at radius 2 is 1.94 bits per heavy atom. The number of carboxylic acid groups (broad SMARTS) is 1. The zero-order chi connectivity index (χ0) is 14.3. The standard InChI is InChI=1S/C11H22N4O3/c1-6-12-15(7-10(16)14(4)5)9(3)8(2)13-11(17)18/h6,8-9,13H,7H2,1-5H3,(H,17,18)/b12-6-/t8?,9-/m0/s1. The van der Waals surface area contributed by atoms with E-state index >= 15 is 0 Å². The third-order valence-corrected chi connectivity index (χ3v) is 2.60. The van der Waals surface area contributed by atoms with E-state index in [2.05, 4.69) is 10.4 Å². The Labute approximate surface area is 107 Å². The zero-order valence-electron chi connectivity index (χ0n) is 11.5. The molecule has 0 aromatic rings. The Morgan fingerprint density at radius 3 is 2.33 bits per heavy atom. The molecule has 7 nitrogen and oxygen atoms in total. The highest BCUT2D eigenvalue weighted by Crippen LogP contribution is 2.05. The fraction of sp³-hybridized carbons (Fsp3) is 0.727. The van der Waals surface area contributed by atoms with Crippen molar-refractivity contribution in [2.24, 2.45) is 5.10 Å². The number of amides is 2. The van der Waals surface area contributed by atoms with E-state index in [1.807, 2.05) is 6.92 Å². The van der Waals surface area contributed by atoms with Crippen LogP contribution in [0.3, 0.4) is 0 Å². The van der Waals surface area contributed by atoms with Gasteiger partial charge in [0.05, 0.1) is 12.1 Å². The lowest BCUT2D eigenvalue weighted by molar-refractivity contribution is -0.130. The Hall–Kier alpha value is -1.79. The molecule has 2 N–H and O–H groups in total. The molecule has 2 amide bonds. The first-order valence-corrected chi connectivity index (χ1v) is 5.74. The van der Waals surface area contributed by atoms with Gasteiger partial charge in [0, 0.05) is 20.3 Å². The highest BCUT2D eigenvalue weighted by atomic mass is 16.4. The molecule has 0 heterocycles. The van der Waals surface area contributed by atoms with Crippen molar-refractivity contribution in [1.29, 1.82) is 0 Å². The molecule has 0 aliphatic rings. The van der Waals surface area contributed by atoms with Gasteiger partial charge in [-0.3, -0.25) is 9.80 Å². The summed E-state index contributed by atoms with van der Waals surface area (Å²) in [4.78, 5) is 23.7. The predicted octanol–water partition coefficient (Wildman–Crippen LogP) is 0.427. The molecular formula is C11H22N4O3. The van der Waals surface area contributed by atoms with Gasteiger partial charge in [0.25, 0.3) is 0 Å². The van der Waals surface area contributed by atoms with E-state index in [0.717, 1.165) is 0 Å². The van der Waals surface area contributed by atoms with Crippen LogP contribution in [0.25, 0.3) is 0 Å². The minimum Gasteiger partial charge on any atom is -0.465 e. The van der Waals surface area contributed by atoms with Crippen LogP contribution in [0.1, 0.15) is 20.8 Å². The molecule has 0 rings (SSSR count). The maximum Gasteiger partial charge on any atom is 0.404 e. The van der Waals surface area contributed by atoms with E-state index in [9.17, 15) is 9.59 Å². The predicted molar refractivity (Wildman–Crippen MR) is 69.7 cm³/mol. The van der Waals surface area contributed by atoms with E-state index in [4.69, 9.17) is 5.11 Å². The molecule has 0 aromatic carbocycles. The molecule has 7 heteroatoms. The molecule has 0 spiro atoms. The second kappa shape index (κ2) is 7.52. The summed E-state index contributed by atoms with van der Waals surface area (Å²) in [6, 6.07) is -0.553. The summed E-state index contributed by atoms with van der Waals surface area (Å²) in [7, 11) is 3.33. The molecule has 0 aliphatic heterocycles. The Bertz CT molecular complexity index is 317. The van der Waals surface area contributed by atoms with Crippen molar-refractivity contribution in [1.82, 2.24) is 15.2 Å². The summed E-state index contributed by atoms with van der Waals surface area (Å²) >= 11 is 0. The normalized spacial score (nSPS) is 14.1. The second-order valence-corrected chi connectivity index (χ2v) is 4.24. The number of hydrazone groups is 1. The monoisotopic (exact) mass is 258 g/mol. The van der Waals surface area contributed by atoms with Crippen LogP contribution < -0.4 is 5.32 Å². The minimum atomic E-state index is -1.09. The number of hydrogen-bond acceptors (Lipinski definition) is 4. The quantitative estimate of drug-likeness (QED) is 0.534. The minimum absolute atomic E-state index is 0.0880. The molecule has 0 fully saturated rings. The van der Waals surface area contributed by atoms with Crippen LogP contribution in [0, 0.1) is 0 Å². The first-order chi connectivity index (χ1) is 8.29. The largest absolute Gasteiger partial charge is 0.465 e.